The largest absolute Gasteiger partial charge is 0.388 e. The second-order valence-electron chi connectivity index (χ2n) is 6.24. The van der Waals surface area contributed by atoms with Gasteiger partial charge in [0, 0.05) is 19.2 Å². The predicted molar refractivity (Wildman–Crippen MR) is 93.0 cm³/mol. The van der Waals surface area contributed by atoms with Gasteiger partial charge in [0.1, 0.15) is 6.10 Å². The first kappa shape index (κ1) is 17.8. The highest BCUT2D eigenvalue weighted by molar-refractivity contribution is 6.30. The molecule has 1 N–H and O–H groups in total. The van der Waals surface area contributed by atoms with Crippen LogP contribution in [0, 0.1) is 6.92 Å². The van der Waals surface area contributed by atoms with Crippen molar-refractivity contribution in [3.63, 3.8) is 0 Å². The number of amides is 1. The average molecular weight is 365 g/mol. The molecule has 134 valence electrons. The Balaban J connectivity index is 1.82. The van der Waals surface area contributed by atoms with Crippen LogP contribution in [0.2, 0.25) is 5.02 Å². The van der Waals surface area contributed by atoms with Crippen LogP contribution in [0.15, 0.2) is 24.3 Å². The molecule has 0 spiro atoms. The SMILES string of the molecule is CO[C@@H]1CC[C@@H](N(C)C(=O)c2nnn(-c3ccc(Cl)cc3)c2C)[C@H]1O. The number of benzene rings is 1. The number of carbonyl (C=O) groups excluding carboxylic acids is 1. The summed E-state index contributed by atoms with van der Waals surface area (Å²) in [6, 6.07) is 6.84. The quantitative estimate of drug-likeness (QED) is 0.895. The van der Waals surface area contributed by atoms with Crippen molar-refractivity contribution in [2.45, 2.75) is 38.0 Å². The standard InChI is InChI=1S/C17H21ClN4O3/c1-10-15(19-20-22(10)12-6-4-11(18)5-7-12)17(24)21(2)13-8-9-14(25-3)16(13)23/h4-7,13-14,16,23H,8-9H2,1-3H3/t13-,14-,16-/m1/s1. The van der Waals surface area contributed by atoms with Gasteiger partial charge in [0.2, 0.25) is 0 Å². The Bertz CT molecular complexity index is 762. The van der Waals surface area contributed by atoms with Crippen molar-refractivity contribution in [1.29, 1.82) is 0 Å². The summed E-state index contributed by atoms with van der Waals surface area (Å²) in [5, 5.41) is 19.1. The molecule has 3 rings (SSSR count). The van der Waals surface area contributed by atoms with E-state index in [2.05, 4.69) is 10.3 Å². The Hall–Kier alpha value is -1.96. The lowest BCUT2D eigenvalue weighted by atomic mass is 10.1. The predicted octanol–water partition coefficient (Wildman–Crippen LogP) is 1.84. The molecular weight excluding hydrogens is 344 g/mol. The Morgan fingerprint density at radius 3 is 2.64 bits per heavy atom. The third-order valence-corrected chi connectivity index (χ3v) is 5.06. The van der Waals surface area contributed by atoms with E-state index in [1.54, 1.807) is 37.9 Å². The fourth-order valence-electron chi connectivity index (χ4n) is 3.28. The molecule has 2 aromatic rings. The first-order valence-electron chi connectivity index (χ1n) is 8.10. The molecule has 7 nitrogen and oxygen atoms in total. The first-order chi connectivity index (χ1) is 11.9. The van der Waals surface area contributed by atoms with Gasteiger partial charge in [0.05, 0.1) is 23.5 Å². The van der Waals surface area contributed by atoms with Crippen LogP contribution in [0.1, 0.15) is 29.0 Å². The van der Waals surface area contributed by atoms with Crippen molar-refractivity contribution >= 4 is 17.5 Å². The van der Waals surface area contributed by atoms with Crippen molar-refractivity contribution in [2.75, 3.05) is 14.2 Å². The van der Waals surface area contributed by atoms with Crippen LogP contribution in [-0.4, -0.2) is 63.3 Å². The molecule has 1 fully saturated rings. The summed E-state index contributed by atoms with van der Waals surface area (Å²) in [4.78, 5) is 14.4. The average Bonchev–Trinajstić information content (AvgIpc) is 3.17. The van der Waals surface area contributed by atoms with Gasteiger partial charge in [-0.15, -0.1) is 5.10 Å². The Kier molecular flexibility index (Phi) is 5.08. The number of aliphatic hydroxyl groups excluding tert-OH is 1. The van der Waals surface area contributed by atoms with Gasteiger partial charge < -0.3 is 14.7 Å². The minimum atomic E-state index is -0.703. The minimum Gasteiger partial charge on any atom is -0.388 e. The molecule has 0 bridgehead atoms. The Morgan fingerprint density at radius 2 is 2.04 bits per heavy atom. The van der Waals surface area contributed by atoms with E-state index in [0.717, 1.165) is 12.1 Å². The zero-order chi connectivity index (χ0) is 18.1. The van der Waals surface area contributed by atoms with Gasteiger partial charge >= 0.3 is 0 Å². The maximum Gasteiger partial charge on any atom is 0.276 e. The van der Waals surface area contributed by atoms with Gasteiger partial charge in [-0.3, -0.25) is 4.79 Å². The number of carbonyl (C=O) groups is 1. The molecule has 3 atom stereocenters. The van der Waals surface area contributed by atoms with Crippen LogP contribution >= 0.6 is 11.6 Å². The molecule has 1 aromatic heterocycles. The molecule has 0 saturated heterocycles. The molecular formula is C17H21ClN4O3. The first-order valence-corrected chi connectivity index (χ1v) is 8.48. The van der Waals surface area contributed by atoms with Crippen molar-refractivity contribution in [3.05, 3.63) is 40.7 Å². The zero-order valence-corrected chi connectivity index (χ0v) is 15.1. The molecule has 0 unspecified atom stereocenters. The van der Waals surface area contributed by atoms with E-state index in [4.69, 9.17) is 16.3 Å². The molecule has 1 amide bonds. The third kappa shape index (κ3) is 3.27. The lowest BCUT2D eigenvalue weighted by Crippen LogP contribution is -2.44. The van der Waals surface area contributed by atoms with E-state index in [1.807, 2.05) is 12.1 Å². The molecule has 1 saturated carbocycles. The highest BCUT2D eigenvalue weighted by atomic mass is 35.5. The number of ether oxygens (including phenoxy) is 1. The van der Waals surface area contributed by atoms with Gasteiger partial charge in [-0.25, -0.2) is 4.68 Å². The van der Waals surface area contributed by atoms with E-state index < -0.39 is 6.10 Å². The van der Waals surface area contributed by atoms with Crippen LogP contribution in [0.4, 0.5) is 0 Å². The van der Waals surface area contributed by atoms with E-state index >= 15 is 0 Å². The highest BCUT2D eigenvalue weighted by Gasteiger charge is 2.39. The molecule has 0 radical (unpaired) electrons. The van der Waals surface area contributed by atoms with Gasteiger partial charge in [0.15, 0.2) is 5.69 Å². The number of aliphatic hydroxyl groups is 1. The lowest BCUT2D eigenvalue weighted by Gasteiger charge is -2.27. The summed E-state index contributed by atoms with van der Waals surface area (Å²) < 4.78 is 6.85. The number of aromatic nitrogens is 3. The highest BCUT2D eigenvalue weighted by Crippen LogP contribution is 2.27. The van der Waals surface area contributed by atoms with Gasteiger partial charge in [-0.05, 0) is 44.0 Å². The van der Waals surface area contributed by atoms with Gasteiger partial charge in [-0.1, -0.05) is 16.8 Å². The summed E-state index contributed by atoms with van der Waals surface area (Å²) >= 11 is 5.91. The molecule has 1 heterocycles. The molecule has 1 aromatic carbocycles. The van der Waals surface area contributed by atoms with Crippen LogP contribution in [0.5, 0.6) is 0 Å². The normalized spacial score (nSPS) is 23.0. The fourth-order valence-corrected chi connectivity index (χ4v) is 3.40. The number of rotatable bonds is 4. The maximum absolute atomic E-state index is 12.8. The zero-order valence-electron chi connectivity index (χ0n) is 14.4. The summed E-state index contributed by atoms with van der Waals surface area (Å²) in [5.41, 5.74) is 1.68. The van der Waals surface area contributed by atoms with E-state index in [0.29, 0.717) is 17.1 Å². The monoisotopic (exact) mass is 364 g/mol. The summed E-state index contributed by atoms with van der Waals surface area (Å²) in [6.45, 7) is 1.79. The number of hydrogen-bond donors (Lipinski definition) is 1. The van der Waals surface area contributed by atoms with E-state index in [9.17, 15) is 9.90 Å². The maximum atomic E-state index is 12.8. The van der Waals surface area contributed by atoms with Crippen LogP contribution in [0.3, 0.4) is 0 Å². The van der Waals surface area contributed by atoms with Crippen molar-refractivity contribution in [1.82, 2.24) is 19.9 Å². The lowest BCUT2D eigenvalue weighted by molar-refractivity contribution is -0.0157. The molecule has 1 aliphatic carbocycles. The van der Waals surface area contributed by atoms with E-state index in [-0.39, 0.29) is 23.7 Å². The second-order valence-corrected chi connectivity index (χ2v) is 6.67. The molecule has 0 aliphatic heterocycles. The third-order valence-electron chi connectivity index (χ3n) is 4.81. The van der Waals surface area contributed by atoms with Crippen LogP contribution in [-0.2, 0) is 4.74 Å². The number of methoxy groups -OCH3 is 1. The molecule has 25 heavy (non-hydrogen) atoms. The fraction of sp³-hybridized carbons (Fsp3) is 0.471. The molecule has 1 aliphatic rings. The second kappa shape index (κ2) is 7.11. The number of halogens is 1. The van der Waals surface area contributed by atoms with Crippen molar-refractivity contribution < 1.29 is 14.6 Å². The summed E-state index contributed by atoms with van der Waals surface area (Å²) in [6.07, 6.45) is 0.458. The number of nitrogens with zero attached hydrogens (tertiary/aromatic N) is 4. The van der Waals surface area contributed by atoms with Crippen LogP contribution < -0.4 is 0 Å². The van der Waals surface area contributed by atoms with Crippen molar-refractivity contribution in [3.8, 4) is 5.69 Å². The van der Waals surface area contributed by atoms with Crippen molar-refractivity contribution in [2.24, 2.45) is 0 Å². The topological polar surface area (TPSA) is 80.5 Å². The summed E-state index contributed by atoms with van der Waals surface area (Å²) in [5.74, 6) is -0.265. The number of likely N-dealkylation sites (N-methyl/N-ethyl adjacent to an activating group) is 1. The molecule has 8 heteroatoms. The minimum absolute atomic E-state index is 0.244. The smallest absolute Gasteiger partial charge is 0.276 e. The number of hydrogen-bond acceptors (Lipinski definition) is 5. The van der Waals surface area contributed by atoms with Gasteiger partial charge in [0.25, 0.3) is 5.91 Å². The summed E-state index contributed by atoms with van der Waals surface area (Å²) in [7, 11) is 3.24. The Labute approximate surface area is 151 Å². The Morgan fingerprint density at radius 1 is 1.36 bits per heavy atom. The van der Waals surface area contributed by atoms with Crippen LogP contribution in [0.25, 0.3) is 5.69 Å². The van der Waals surface area contributed by atoms with E-state index in [1.165, 1.54) is 4.90 Å². The van der Waals surface area contributed by atoms with Gasteiger partial charge in [-0.2, -0.15) is 0 Å².